The van der Waals surface area contributed by atoms with Crippen LogP contribution in [0.2, 0.25) is 0 Å². The minimum atomic E-state index is -5.13. The molecule has 2 heterocycles. The molecule has 5 atom stereocenters. The number of ether oxygens (including phenoxy) is 1. The van der Waals surface area contributed by atoms with Crippen molar-refractivity contribution in [1.82, 2.24) is 0 Å². The average Bonchev–Trinajstić information content (AvgIpc) is 2.19. The lowest BCUT2D eigenvalue weighted by Gasteiger charge is -2.55. The minimum absolute atomic E-state index is 1.91. The largest absolute Gasteiger partial charge is 0.479 e. The Morgan fingerprint density at radius 3 is 2.21 bits per heavy atom. The van der Waals surface area contributed by atoms with E-state index in [1.807, 2.05) is 0 Å². The number of aliphatic hydroxyl groups is 4. The molecule has 0 aliphatic carbocycles. The summed E-state index contributed by atoms with van der Waals surface area (Å²) in [4.78, 5) is 10.8. The molecule has 2 aliphatic heterocycles. The summed E-state index contributed by atoms with van der Waals surface area (Å²) in [6.07, 6.45) is -5.02. The van der Waals surface area contributed by atoms with Crippen LogP contribution < -0.4 is 5.73 Å². The first-order chi connectivity index (χ1) is 8.36. The van der Waals surface area contributed by atoms with Crippen molar-refractivity contribution in [2.75, 3.05) is 0 Å². The molecule has 0 aromatic rings. The second-order valence-corrected chi connectivity index (χ2v) is 5.09. The predicted octanol–water partition coefficient (Wildman–Crippen LogP) is -4.90. The molecule has 13 heteroatoms. The zero-order valence-electron chi connectivity index (χ0n) is 8.83. The molecule has 0 saturated carbocycles. The van der Waals surface area contributed by atoms with Crippen molar-refractivity contribution in [3.63, 3.8) is 0 Å². The Hall–Kier alpha value is -0.900. The number of carboxylic acid groups (broad SMARTS) is 1. The fourth-order valence-corrected chi connectivity index (χ4v) is 2.69. The molecular weight excluding hydrogens is 294 g/mol. The number of fused-ring (bicyclic) bond motifs is 2. The summed E-state index contributed by atoms with van der Waals surface area (Å²) in [5, 5.41) is 47.4. The van der Waals surface area contributed by atoms with Gasteiger partial charge >= 0.3 is 22.3 Å². The first kappa shape index (κ1) is 14.5. The lowest BCUT2D eigenvalue weighted by atomic mass is 9.88. The van der Waals surface area contributed by atoms with Crippen LogP contribution in [0.25, 0.3) is 0 Å². The number of hydrogen-bond acceptors (Lipinski definition) is 11. The van der Waals surface area contributed by atoms with Gasteiger partial charge in [-0.25, -0.2) is 8.98 Å². The number of carboxylic acids is 1. The van der Waals surface area contributed by atoms with Gasteiger partial charge in [-0.05, 0) is 0 Å². The Bertz CT molecular complexity index is 529. The summed E-state index contributed by atoms with van der Waals surface area (Å²) < 4.78 is 34.2. The van der Waals surface area contributed by atoms with Gasteiger partial charge < -0.3 is 30.3 Å². The molecule has 110 valence electrons. The quantitative estimate of drug-likeness (QED) is 0.252. The smallest absolute Gasteiger partial charge is 0.407 e. The summed E-state index contributed by atoms with van der Waals surface area (Å²) in [6, 6.07) is 0. The summed E-state index contributed by atoms with van der Waals surface area (Å²) >= 11 is 0. The lowest BCUT2D eigenvalue weighted by molar-refractivity contribution is -0.513. The van der Waals surface area contributed by atoms with Crippen molar-refractivity contribution in [2.24, 2.45) is 5.73 Å². The van der Waals surface area contributed by atoms with Crippen LogP contribution in [-0.4, -0.2) is 69.6 Å². The molecule has 0 spiro atoms. The number of aliphatic carboxylic acids is 1. The molecule has 2 aliphatic rings. The van der Waals surface area contributed by atoms with Crippen molar-refractivity contribution in [1.29, 1.82) is 0 Å². The van der Waals surface area contributed by atoms with E-state index in [0.717, 1.165) is 0 Å². The number of aliphatic hydroxyl groups excluding tert-OH is 1. The molecule has 0 aromatic heterocycles. The molecule has 12 nitrogen and oxygen atoms in total. The van der Waals surface area contributed by atoms with Crippen LogP contribution in [0, 0.1) is 0 Å². The Morgan fingerprint density at radius 2 is 1.74 bits per heavy atom. The molecule has 2 saturated heterocycles. The third-order valence-electron chi connectivity index (χ3n) is 2.69. The zero-order chi connectivity index (χ0) is 14.9. The molecule has 19 heavy (non-hydrogen) atoms. The monoisotopic (exact) mass is 303 g/mol. The van der Waals surface area contributed by atoms with E-state index in [9.17, 15) is 33.6 Å². The second kappa shape index (κ2) is 3.60. The molecule has 2 rings (SSSR count). The number of carbonyl (C=O) groups is 1. The van der Waals surface area contributed by atoms with Crippen LogP contribution in [0.1, 0.15) is 0 Å². The predicted molar refractivity (Wildman–Crippen MR) is 48.6 cm³/mol. The van der Waals surface area contributed by atoms with E-state index in [4.69, 9.17) is 10.8 Å². The van der Waals surface area contributed by atoms with Gasteiger partial charge in [0.05, 0.1) is 0 Å². The fourth-order valence-electron chi connectivity index (χ4n) is 1.68. The molecule has 0 amide bonds. The number of rotatable bonds is 1. The minimum Gasteiger partial charge on any atom is -0.479 e. The maximum atomic E-state index is 11.1. The highest BCUT2D eigenvalue weighted by Crippen LogP contribution is 2.47. The van der Waals surface area contributed by atoms with Gasteiger partial charge in [0.1, 0.15) is 0 Å². The highest BCUT2D eigenvalue weighted by atomic mass is 32.3. The van der Waals surface area contributed by atoms with Crippen LogP contribution in [0.5, 0.6) is 0 Å². The summed E-state index contributed by atoms with van der Waals surface area (Å²) in [5.74, 6) is -9.17. The zero-order valence-corrected chi connectivity index (χ0v) is 9.64. The maximum Gasteiger partial charge on any atom is 0.407 e. The fraction of sp³-hybridized carbons (Fsp3) is 0.833. The van der Waals surface area contributed by atoms with Gasteiger partial charge in [-0.1, -0.05) is 0 Å². The van der Waals surface area contributed by atoms with Crippen molar-refractivity contribution in [3.8, 4) is 0 Å². The van der Waals surface area contributed by atoms with Gasteiger partial charge in [-0.2, -0.15) is 12.6 Å². The summed E-state index contributed by atoms with van der Waals surface area (Å²) in [6.45, 7) is 0. The summed E-state index contributed by atoms with van der Waals surface area (Å²) in [5.41, 5.74) is 1.54. The molecule has 0 radical (unpaired) electrons. The van der Waals surface area contributed by atoms with Gasteiger partial charge in [0, 0.05) is 0 Å². The van der Waals surface area contributed by atoms with Crippen molar-refractivity contribution in [2.45, 2.75) is 29.7 Å². The van der Waals surface area contributed by atoms with Crippen molar-refractivity contribution < 1.29 is 51.8 Å². The highest BCUT2D eigenvalue weighted by molar-refractivity contribution is 7.82. The maximum absolute atomic E-state index is 11.1. The SMILES string of the molecule is NC1(O)C2(O)OC(C(=O)O)C(O)C1(O)OS(=O)(=O)O2. The average molecular weight is 303 g/mol. The topological polar surface area (TPSA) is 206 Å². The van der Waals surface area contributed by atoms with Gasteiger partial charge in [0.2, 0.25) is 0 Å². The van der Waals surface area contributed by atoms with Crippen LogP contribution in [0.4, 0.5) is 0 Å². The highest BCUT2D eigenvalue weighted by Gasteiger charge is 2.79. The number of hydrogen-bond donors (Lipinski definition) is 6. The first-order valence-corrected chi connectivity index (χ1v) is 5.90. The molecule has 7 N–H and O–H groups in total. The van der Waals surface area contributed by atoms with Crippen LogP contribution in [0.3, 0.4) is 0 Å². The van der Waals surface area contributed by atoms with E-state index in [2.05, 4.69) is 13.1 Å². The van der Waals surface area contributed by atoms with Gasteiger partial charge in [0.25, 0.3) is 11.5 Å². The normalized spacial score (nSPS) is 52.7. The molecular formula is C6H9NO11S. The standard InChI is InChI=1S/C6H9NO11S/c7-5(12)4(11)2(8)1(3(9)10)16-6(5,13)18-19(14,15)17-4/h1-2,8,11-13H,7H2,(H,9,10). The Balaban J connectivity index is 2.63. The molecule has 5 unspecified atom stereocenters. The third kappa shape index (κ3) is 1.69. The van der Waals surface area contributed by atoms with E-state index in [-0.39, 0.29) is 0 Å². The van der Waals surface area contributed by atoms with E-state index < -0.39 is 46.1 Å². The van der Waals surface area contributed by atoms with Crippen LogP contribution >= 0.6 is 0 Å². The van der Waals surface area contributed by atoms with Crippen LogP contribution in [-0.2, 0) is 28.3 Å². The lowest BCUT2D eigenvalue weighted by Crippen LogP contribution is -2.87. The van der Waals surface area contributed by atoms with Crippen molar-refractivity contribution >= 4 is 16.4 Å². The Morgan fingerprint density at radius 1 is 1.21 bits per heavy atom. The van der Waals surface area contributed by atoms with Gasteiger partial charge in [-0.3, -0.25) is 5.73 Å². The van der Waals surface area contributed by atoms with Gasteiger partial charge in [0.15, 0.2) is 12.2 Å². The van der Waals surface area contributed by atoms with Crippen LogP contribution in [0.15, 0.2) is 0 Å². The molecule has 0 aromatic carbocycles. The third-order valence-corrected chi connectivity index (χ3v) is 3.58. The van der Waals surface area contributed by atoms with Crippen molar-refractivity contribution in [3.05, 3.63) is 0 Å². The number of nitrogens with two attached hydrogens (primary N) is 1. The molecule has 2 fully saturated rings. The van der Waals surface area contributed by atoms with E-state index in [0.29, 0.717) is 0 Å². The molecule has 2 bridgehead atoms. The Labute approximate surface area is 104 Å². The van der Waals surface area contributed by atoms with E-state index >= 15 is 0 Å². The first-order valence-electron chi connectivity index (χ1n) is 4.57. The Kier molecular flexibility index (Phi) is 2.75. The second-order valence-electron chi connectivity index (χ2n) is 3.94. The van der Waals surface area contributed by atoms with E-state index in [1.54, 1.807) is 0 Å². The van der Waals surface area contributed by atoms with E-state index in [1.165, 1.54) is 0 Å². The summed E-state index contributed by atoms with van der Waals surface area (Å²) in [7, 11) is -5.13. The van der Waals surface area contributed by atoms with Gasteiger partial charge in [-0.15, -0.1) is 0 Å².